The fourth-order valence-electron chi connectivity index (χ4n) is 19.6. The number of hydrogen-bond acceptors (Lipinski definition) is 21. The first kappa shape index (κ1) is 99.7. The number of aryl methyl sites for hydroxylation is 8. The number of anilines is 9. The van der Waals surface area contributed by atoms with Gasteiger partial charge in [0.15, 0.2) is 9.84 Å². The molecule has 2 amide bonds. The quantitative estimate of drug-likeness (QED) is 0.0310. The molecule has 16 aromatic rings. The second-order valence-electron chi connectivity index (χ2n) is 39.0. The molecule has 6 fully saturated rings. The highest BCUT2D eigenvalue weighted by atomic mass is 32.2. The molecule has 0 unspecified atom stereocenters. The van der Waals surface area contributed by atoms with Crippen LogP contribution in [0.15, 0.2) is 232 Å². The van der Waals surface area contributed by atoms with Crippen molar-refractivity contribution in [3.63, 3.8) is 0 Å². The van der Waals surface area contributed by atoms with Crippen molar-refractivity contribution in [2.24, 2.45) is 39.7 Å². The molecule has 5 aliphatic carbocycles. The van der Waals surface area contributed by atoms with E-state index in [2.05, 4.69) is 36.1 Å². The molecule has 0 bridgehead atoms. The number of carbonyl (C=O) groups excluding carboxylic acids is 2. The number of aromatic nitrogens is 12. The average molecular weight is 2030 g/mol. The molecule has 40 heteroatoms. The van der Waals surface area contributed by atoms with Crippen LogP contribution in [0.25, 0.3) is 66.4 Å². The first-order valence-electron chi connectivity index (χ1n) is 48.1. The van der Waals surface area contributed by atoms with Crippen molar-refractivity contribution in [1.29, 1.82) is 0 Å². The third kappa shape index (κ3) is 17.4. The Hall–Kier alpha value is -17.1. The molecule has 0 radical (unpaired) electrons. The van der Waals surface area contributed by atoms with Crippen LogP contribution in [0.3, 0.4) is 0 Å². The smallest absolute Gasteiger partial charge is 0.336 e. The van der Waals surface area contributed by atoms with Gasteiger partial charge in [0, 0.05) is 81.3 Å². The number of rotatable bonds is 21. The molecule has 8 aromatic heterocycles. The topological polar surface area (TPSA) is 457 Å². The second-order valence-corrected chi connectivity index (χ2v) is 41.2. The SMILES string of the molecule is Cc1ccc(Nc2c3c(=O)[nH]c(=O)n(-c4cccc(C5(C(N)=O)CC5)c4)c3c(C)c(=O)n2C)c(F)c1.Cc1ccc(Nc2c3c(=O)[nH]c(=O)n(-c4cccc(S(=O)(=O)C5CC5)c4)c3c(C)c(=O)n2C)c(F)c1.Cc1ccc(Nc2c3c(=O)n(C4CC4)c(=O)n(-c4cccc(C5(C(N)=O)CC5)c4)c3c(C)c(=O)n2C)c(F)c1.Cc1ccc(Nc2c3c(=O)n(C4CC4)c(=O)n(-c4cccc(N5CCC5)c4)c3c(C)c(=O)n2C)c(F)c1. The number of benzene rings is 8. The number of sulfone groups is 1. The molecule has 6 aliphatic rings. The zero-order chi connectivity index (χ0) is 106. The fourth-order valence-corrected chi connectivity index (χ4v) is 21.3. The monoisotopic (exact) mass is 2030 g/mol. The van der Waals surface area contributed by atoms with Gasteiger partial charge in [-0.05, 0) is 269 Å². The van der Waals surface area contributed by atoms with Crippen molar-refractivity contribution in [2.45, 2.75) is 159 Å². The second kappa shape index (κ2) is 37.5. The maximum Gasteiger partial charge on any atom is 0.336 e. The Morgan fingerprint density at radius 2 is 0.655 bits per heavy atom. The Morgan fingerprint density at radius 1 is 0.358 bits per heavy atom. The summed E-state index contributed by atoms with van der Waals surface area (Å²) in [7, 11) is 2.38. The minimum absolute atomic E-state index is 0.00263. The molecule has 1 saturated heterocycles. The van der Waals surface area contributed by atoms with Gasteiger partial charge >= 0.3 is 22.8 Å². The maximum absolute atomic E-state index is 14.9. The minimum atomic E-state index is -3.56. The van der Waals surface area contributed by atoms with E-state index < -0.39 is 123 Å². The van der Waals surface area contributed by atoms with Crippen LogP contribution < -0.4 is 105 Å². The Balaban J connectivity index is 0.000000124. The van der Waals surface area contributed by atoms with Crippen LogP contribution in [-0.4, -0.2) is 94.2 Å². The van der Waals surface area contributed by atoms with E-state index in [9.17, 15) is 93.1 Å². The molecule has 8 aromatic carbocycles. The van der Waals surface area contributed by atoms with Crippen LogP contribution >= 0.6 is 0 Å². The van der Waals surface area contributed by atoms with Crippen LogP contribution in [0.4, 0.5) is 69.3 Å². The lowest BCUT2D eigenvalue weighted by Crippen LogP contribution is -2.41. The van der Waals surface area contributed by atoms with Crippen molar-refractivity contribution in [3.05, 3.63) is 374 Å². The number of H-pyrrole nitrogens is 2. The van der Waals surface area contributed by atoms with Gasteiger partial charge in [0.05, 0.1) is 88.5 Å². The average Bonchev–Trinajstić information content (AvgIpc) is 1.61. The largest absolute Gasteiger partial charge is 0.371 e. The number of carbonyl (C=O) groups is 2. The lowest BCUT2D eigenvalue weighted by molar-refractivity contribution is -0.121. The lowest BCUT2D eigenvalue weighted by atomic mass is 9.95. The highest BCUT2D eigenvalue weighted by Crippen LogP contribution is 2.50. The molecule has 9 heterocycles. The standard InChI is InChI=1S/C29H28FN5O4.C28H28FN5O3.C26H24FN5O4.C25H23FN4O5S/c1-15-7-10-21(20(30)13-15)32-24-22-23(16(2)25(36)33(24)3)34(28(39)35(26(22)37)18-8-9-18)19-6-4-5-17(14-19)29(11-12-29)27(31)38;1-16-8-11-22(21(29)14-16)30-25-23-24(17(2)26(35)31(25)3)33(28(37)34(27(23)36)18-9-10-18)20-7-4-6-19(15-20)32-12-5-13-32;1-13-7-8-18(17(27)11-13)29-21-19-20(14(2)23(34)31(21)3)32(25(36)30-22(19)33)16-6-4-5-15(12-16)26(9-10-26)24(28)35;1-13-7-10-19(18(26)11-13)27-22-20-21(14(2)24(32)29(22)3)30(25(33)28-23(20)31)15-5-4-6-17(12-15)36(34,35)16-8-9-16/h4-7,10,13-14,18,32H,8-9,11-12H2,1-3H3,(H2,31,38);4,6-8,11,14-15,18,30H,5,9-10,12-13H2,1-3H3;4-8,11-12,29H,9-10H2,1-3H3,(H2,28,35)(H,30,33,36);4-7,10-12,16,27H,8-9H2,1-3H3,(H,28,31,33). The number of nitrogens with one attached hydrogen (secondary N) is 6. The molecule has 5 saturated carbocycles. The van der Waals surface area contributed by atoms with Gasteiger partial charge in [-0.3, -0.25) is 104 Å². The van der Waals surface area contributed by atoms with E-state index in [1.807, 2.05) is 24.3 Å². The van der Waals surface area contributed by atoms with E-state index in [1.165, 1.54) is 137 Å². The molecule has 10 N–H and O–H groups in total. The van der Waals surface area contributed by atoms with E-state index in [4.69, 9.17) is 11.5 Å². The maximum atomic E-state index is 14.9. The van der Waals surface area contributed by atoms with Gasteiger partial charge < -0.3 is 37.6 Å². The normalized spacial score (nSPS) is 14.8. The van der Waals surface area contributed by atoms with Crippen molar-refractivity contribution in [3.8, 4) is 22.7 Å². The van der Waals surface area contributed by atoms with E-state index in [0.29, 0.717) is 90.7 Å². The lowest BCUT2D eigenvalue weighted by Gasteiger charge is -2.33. The van der Waals surface area contributed by atoms with Gasteiger partial charge in [-0.25, -0.2) is 45.2 Å². The number of pyridine rings is 4. The van der Waals surface area contributed by atoms with E-state index in [0.717, 1.165) is 53.7 Å². The molecule has 148 heavy (non-hydrogen) atoms. The Labute approximate surface area is 837 Å². The third-order valence-corrected chi connectivity index (χ3v) is 31.0. The Bertz CT molecular complexity index is 9400. The molecule has 760 valence electrons. The van der Waals surface area contributed by atoms with Crippen LogP contribution in [-0.2, 0) is 58.4 Å². The van der Waals surface area contributed by atoms with Crippen LogP contribution in [0.1, 0.15) is 138 Å². The van der Waals surface area contributed by atoms with Crippen LogP contribution in [0.2, 0.25) is 0 Å². The number of nitrogens with zero attached hydrogens (tertiary/aromatic N) is 11. The number of aromatic amines is 2. The first-order chi connectivity index (χ1) is 70.4. The van der Waals surface area contributed by atoms with Gasteiger partial charge in [0.1, 0.15) is 68.1 Å². The number of primary amides is 2. The summed E-state index contributed by atoms with van der Waals surface area (Å²) in [5, 5.41) is 11.5. The number of amides is 2. The number of fused-ring (bicyclic) bond motifs is 4. The summed E-state index contributed by atoms with van der Waals surface area (Å²) in [6.45, 7) is 15.1. The highest BCUT2D eigenvalue weighted by molar-refractivity contribution is 7.92. The molecule has 0 atom stereocenters. The van der Waals surface area contributed by atoms with Gasteiger partial charge in [-0.1, -0.05) is 60.7 Å². The number of hydrogen-bond donors (Lipinski definition) is 8. The number of nitrogens with two attached hydrogens (primary N) is 2. The Kier molecular flexibility index (Phi) is 25.3. The Morgan fingerprint density at radius 3 is 0.959 bits per heavy atom. The molecule has 1 aliphatic heterocycles. The van der Waals surface area contributed by atoms with Crippen LogP contribution in [0, 0.1) is 78.7 Å². The molecule has 22 rings (SSSR count). The fraction of sp³-hybridized carbons (Fsp3) is 0.278. The van der Waals surface area contributed by atoms with Gasteiger partial charge in [0.2, 0.25) is 11.8 Å². The van der Waals surface area contributed by atoms with E-state index >= 15 is 0 Å². The van der Waals surface area contributed by atoms with Crippen molar-refractivity contribution >= 4 is 117 Å². The van der Waals surface area contributed by atoms with Gasteiger partial charge in [-0.2, -0.15) is 0 Å². The summed E-state index contributed by atoms with van der Waals surface area (Å²) < 4.78 is 97.3. The van der Waals surface area contributed by atoms with Gasteiger partial charge in [-0.15, -0.1) is 0 Å². The van der Waals surface area contributed by atoms with Gasteiger partial charge in [0.25, 0.3) is 44.5 Å². The zero-order valence-corrected chi connectivity index (χ0v) is 83.4. The summed E-state index contributed by atoms with van der Waals surface area (Å²) >= 11 is 0. The van der Waals surface area contributed by atoms with Crippen LogP contribution in [0.5, 0.6) is 0 Å². The zero-order valence-electron chi connectivity index (χ0n) is 82.6. The molecular weight excluding hydrogens is 1930 g/mol. The molecule has 0 spiro atoms. The third-order valence-electron chi connectivity index (χ3n) is 28.8. The van der Waals surface area contributed by atoms with Crippen molar-refractivity contribution in [1.82, 2.24) is 55.6 Å². The van der Waals surface area contributed by atoms with E-state index in [-0.39, 0.29) is 140 Å². The predicted molar refractivity (Wildman–Crippen MR) is 559 cm³/mol. The summed E-state index contributed by atoms with van der Waals surface area (Å²) in [6.07, 6.45) is 7.49. The minimum Gasteiger partial charge on any atom is -0.371 e. The van der Waals surface area contributed by atoms with E-state index in [1.54, 1.807) is 134 Å². The summed E-state index contributed by atoms with van der Waals surface area (Å²) in [4.78, 5) is 192. The predicted octanol–water partition coefficient (Wildman–Crippen LogP) is 12.3. The number of halogens is 4. The van der Waals surface area contributed by atoms with Crippen molar-refractivity contribution in [2.75, 3.05) is 39.3 Å². The summed E-state index contributed by atoms with van der Waals surface area (Å²) in [5.41, 5.74) is 11.0. The van der Waals surface area contributed by atoms with Crippen molar-refractivity contribution < 1.29 is 35.6 Å². The highest BCUT2D eigenvalue weighted by Gasteiger charge is 2.52. The molecule has 35 nitrogen and oxygen atoms in total. The summed E-state index contributed by atoms with van der Waals surface area (Å²) in [6, 6.07) is 45.0. The summed E-state index contributed by atoms with van der Waals surface area (Å²) in [5.74, 6) is -2.81. The first-order valence-corrected chi connectivity index (χ1v) is 49.6. The molecular formula is C108H103F4N19O16S.